The first-order valence-electron chi connectivity index (χ1n) is 7.75. The SMILES string of the molecule is O=C(Cc1ccc(C(F)(F)F)cc1)NCC(O)c1ccccc1C(F)(F)F. The largest absolute Gasteiger partial charge is 0.416 e. The van der Waals surface area contributed by atoms with Gasteiger partial charge in [0, 0.05) is 6.54 Å². The predicted molar refractivity (Wildman–Crippen MR) is 84.6 cm³/mol. The molecule has 2 rings (SSSR count). The number of alkyl halides is 6. The first-order chi connectivity index (χ1) is 12.5. The van der Waals surface area contributed by atoms with Crippen LogP contribution in [0.5, 0.6) is 0 Å². The Bertz CT molecular complexity index is 784. The molecule has 0 spiro atoms. The van der Waals surface area contributed by atoms with E-state index in [4.69, 9.17) is 0 Å². The highest BCUT2D eigenvalue weighted by molar-refractivity contribution is 5.78. The molecule has 1 amide bonds. The van der Waals surface area contributed by atoms with Gasteiger partial charge in [0.15, 0.2) is 0 Å². The van der Waals surface area contributed by atoms with Gasteiger partial charge in [0.1, 0.15) is 0 Å². The molecule has 0 saturated carbocycles. The van der Waals surface area contributed by atoms with Crippen molar-refractivity contribution in [3.63, 3.8) is 0 Å². The highest BCUT2D eigenvalue weighted by Crippen LogP contribution is 2.34. The third-order valence-corrected chi connectivity index (χ3v) is 3.76. The second-order valence-electron chi connectivity index (χ2n) is 5.78. The summed E-state index contributed by atoms with van der Waals surface area (Å²) >= 11 is 0. The van der Waals surface area contributed by atoms with Gasteiger partial charge >= 0.3 is 12.4 Å². The monoisotopic (exact) mass is 391 g/mol. The Morgan fingerprint density at radius 2 is 1.52 bits per heavy atom. The van der Waals surface area contributed by atoms with E-state index in [0.29, 0.717) is 5.56 Å². The molecule has 1 unspecified atom stereocenters. The summed E-state index contributed by atoms with van der Waals surface area (Å²) in [5.74, 6) is -0.640. The number of hydrogen-bond acceptors (Lipinski definition) is 2. The molecule has 3 nitrogen and oxygen atoms in total. The van der Waals surface area contributed by atoms with E-state index in [1.54, 1.807) is 0 Å². The number of benzene rings is 2. The predicted octanol–water partition coefficient (Wildman–Crippen LogP) is 4.12. The van der Waals surface area contributed by atoms with Crippen molar-refractivity contribution in [1.82, 2.24) is 5.32 Å². The van der Waals surface area contributed by atoms with Crippen molar-refractivity contribution in [1.29, 1.82) is 0 Å². The fourth-order valence-corrected chi connectivity index (χ4v) is 2.43. The van der Waals surface area contributed by atoms with Gasteiger partial charge in [-0.05, 0) is 29.3 Å². The van der Waals surface area contributed by atoms with Gasteiger partial charge in [-0.25, -0.2) is 0 Å². The molecule has 0 heterocycles. The van der Waals surface area contributed by atoms with Crippen molar-refractivity contribution < 1.29 is 36.2 Å². The molecule has 146 valence electrons. The Labute approximate surface area is 150 Å². The molecule has 2 N–H and O–H groups in total. The molecular formula is C18H15F6NO2. The molecule has 9 heteroatoms. The Morgan fingerprint density at radius 1 is 0.926 bits per heavy atom. The van der Waals surface area contributed by atoms with Crippen molar-refractivity contribution in [3.05, 3.63) is 70.8 Å². The lowest BCUT2D eigenvalue weighted by atomic mass is 10.0. The molecule has 0 radical (unpaired) electrons. The minimum absolute atomic E-state index is 0.272. The molecule has 0 aliphatic rings. The minimum Gasteiger partial charge on any atom is -0.387 e. The normalized spacial score (nSPS) is 13.3. The highest BCUT2D eigenvalue weighted by atomic mass is 19.4. The van der Waals surface area contributed by atoms with Gasteiger partial charge in [-0.1, -0.05) is 30.3 Å². The number of aliphatic hydroxyl groups is 1. The average Bonchev–Trinajstić information content (AvgIpc) is 2.58. The second-order valence-corrected chi connectivity index (χ2v) is 5.78. The Kier molecular flexibility index (Phi) is 6.15. The second kappa shape index (κ2) is 7.99. The van der Waals surface area contributed by atoms with Crippen molar-refractivity contribution >= 4 is 5.91 Å². The van der Waals surface area contributed by atoms with Crippen LogP contribution >= 0.6 is 0 Å². The Hall–Kier alpha value is -2.55. The minimum atomic E-state index is -4.65. The summed E-state index contributed by atoms with van der Waals surface area (Å²) in [6.07, 6.45) is -11.0. The van der Waals surface area contributed by atoms with Crippen LogP contribution in [-0.2, 0) is 23.6 Å². The summed E-state index contributed by atoms with van der Waals surface area (Å²) in [5.41, 5.74) is -1.94. The Morgan fingerprint density at radius 3 is 2.07 bits per heavy atom. The summed E-state index contributed by atoms with van der Waals surface area (Å²) in [5, 5.41) is 12.2. The van der Waals surface area contributed by atoms with E-state index in [-0.39, 0.29) is 12.0 Å². The maximum atomic E-state index is 12.9. The number of halogens is 6. The third-order valence-electron chi connectivity index (χ3n) is 3.76. The van der Waals surface area contributed by atoms with Crippen molar-refractivity contribution in [2.75, 3.05) is 6.54 Å². The van der Waals surface area contributed by atoms with E-state index in [1.165, 1.54) is 12.1 Å². The van der Waals surface area contributed by atoms with Crippen LogP contribution in [0.4, 0.5) is 26.3 Å². The summed E-state index contributed by atoms with van der Waals surface area (Å²) in [4.78, 5) is 11.8. The zero-order chi connectivity index (χ0) is 20.2. The molecule has 1 atom stereocenters. The van der Waals surface area contributed by atoms with E-state index in [9.17, 15) is 36.2 Å². The van der Waals surface area contributed by atoms with Gasteiger partial charge in [0.2, 0.25) is 5.91 Å². The third kappa shape index (κ3) is 5.72. The van der Waals surface area contributed by atoms with E-state index in [2.05, 4.69) is 5.32 Å². The molecule has 0 aliphatic carbocycles. The van der Waals surface area contributed by atoms with Crippen LogP contribution in [0.15, 0.2) is 48.5 Å². The fourth-order valence-electron chi connectivity index (χ4n) is 2.43. The molecule has 0 bridgehead atoms. The van der Waals surface area contributed by atoms with Gasteiger partial charge in [-0.2, -0.15) is 26.3 Å². The number of rotatable bonds is 5. The summed E-state index contributed by atoms with van der Waals surface area (Å²) in [6.45, 7) is -0.466. The van der Waals surface area contributed by atoms with Crippen LogP contribution in [0.3, 0.4) is 0 Å². The average molecular weight is 391 g/mol. The lowest BCUT2D eigenvalue weighted by Gasteiger charge is -2.18. The van der Waals surface area contributed by atoms with Crippen LogP contribution in [0.25, 0.3) is 0 Å². The maximum Gasteiger partial charge on any atom is 0.416 e. The van der Waals surface area contributed by atoms with E-state index in [0.717, 1.165) is 36.4 Å². The first kappa shape index (κ1) is 20.8. The summed E-state index contributed by atoms with van der Waals surface area (Å²) < 4.78 is 76.2. The van der Waals surface area contributed by atoms with E-state index in [1.807, 2.05) is 0 Å². The molecule has 27 heavy (non-hydrogen) atoms. The molecule has 0 fully saturated rings. The zero-order valence-corrected chi connectivity index (χ0v) is 13.7. The van der Waals surface area contributed by atoms with Crippen LogP contribution in [0.2, 0.25) is 0 Å². The molecule has 0 aromatic heterocycles. The fraction of sp³-hybridized carbons (Fsp3) is 0.278. The smallest absolute Gasteiger partial charge is 0.387 e. The quantitative estimate of drug-likeness (QED) is 0.754. The lowest BCUT2D eigenvalue weighted by molar-refractivity contribution is -0.139. The van der Waals surface area contributed by atoms with E-state index < -0.39 is 42.0 Å². The van der Waals surface area contributed by atoms with Crippen molar-refractivity contribution in [2.24, 2.45) is 0 Å². The molecule has 2 aromatic carbocycles. The van der Waals surface area contributed by atoms with E-state index >= 15 is 0 Å². The summed E-state index contributed by atoms with van der Waals surface area (Å²) in [7, 11) is 0. The van der Waals surface area contributed by atoms with Crippen LogP contribution in [0.1, 0.15) is 28.4 Å². The van der Waals surface area contributed by atoms with Crippen molar-refractivity contribution in [3.8, 4) is 0 Å². The van der Waals surface area contributed by atoms with Crippen LogP contribution in [-0.4, -0.2) is 17.6 Å². The number of carbonyl (C=O) groups excluding carboxylic acids is 1. The number of nitrogens with one attached hydrogen (secondary N) is 1. The number of aliphatic hydroxyl groups excluding tert-OH is 1. The number of amides is 1. The van der Waals surface area contributed by atoms with Crippen LogP contribution in [0, 0.1) is 0 Å². The van der Waals surface area contributed by atoms with Crippen molar-refractivity contribution in [2.45, 2.75) is 24.9 Å². The van der Waals surface area contributed by atoms with Crippen LogP contribution < -0.4 is 5.32 Å². The van der Waals surface area contributed by atoms with Gasteiger partial charge in [0.25, 0.3) is 0 Å². The maximum absolute atomic E-state index is 12.9. The number of hydrogen-bond donors (Lipinski definition) is 2. The molecule has 2 aromatic rings. The summed E-state index contributed by atoms with van der Waals surface area (Å²) in [6, 6.07) is 8.38. The molecular weight excluding hydrogens is 376 g/mol. The van der Waals surface area contributed by atoms with Gasteiger partial charge in [0.05, 0.1) is 23.7 Å². The van der Waals surface area contributed by atoms with Gasteiger partial charge in [-0.15, -0.1) is 0 Å². The lowest BCUT2D eigenvalue weighted by Crippen LogP contribution is -2.30. The molecule has 0 aliphatic heterocycles. The van der Waals surface area contributed by atoms with Gasteiger partial charge < -0.3 is 10.4 Å². The zero-order valence-electron chi connectivity index (χ0n) is 13.7. The number of carbonyl (C=O) groups is 1. The molecule has 0 saturated heterocycles. The Balaban J connectivity index is 1.96. The standard InChI is InChI=1S/C18H15F6NO2/c19-17(20,21)12-7-5-11(6-8-12)9-16(27)25-10-15(26)13-3-1-2-4-14(13)18(22,23)24/h1-8,15,26H,9-10H2,(H,25,27). The highest BCUT2D eigenvalue weighted by Gasteiger charge is 2.34. The van der Waals surface area contributed by atoms with Gasteiger partial charge in [-0.3, -0.25) is 4.79 Å². The first-order valence-corrected chi connectivity index (χ1v) is 7.75. The topological polar surface area (TPSA) is 49.3 Å².